The summed E-state index contributed by atoms with van der Waals surface area (Å²) in [6, 6.07) is 3.91. The van der Waals surface area contributed by atoms with E-state index in [9.17, 15) is 13.2 Å². The summed E-state index contributed by atoms with van der Waals surface area (Å²) < 4.78 is 53.7. The van der Waals surface area contributed by atoms with E-state index in [1.54, 1.807) is 6.08 Å². The van der Waals surface area contributed by atoms with Crippen LogP contribution in [0.5, 0.6) is 11.5 Å². The Morgan fingerprint density at radius 1 is 0.871 bits per heavy atom. The molecule has 0 amide bonds. The zero-order chi connectivity index (χ0) is 23.3. The summed E-state index contributed by atoms with van der Waals surface area (Å²) in [7, 11) is 0. The van der Waals surface area contributed by atoms with E-state index in [0.29, 0.717) is 13.2 Å². The van der Waals surface area contributed by atoms with Crippen LogP contribution in [0.15, 0.2) is 33.8 Å². The molecule has 0 saturated carbocycles. The molecule has 3 nitrogen and oxygen atoms in total. The van der Waals surface area contributed by atoms with Crippen LogP contribution in [-0.2, 0) is 17.6 Å². The summed E-state index contributed by atoms with van der Waals surface area (Å²) in [5.74, 6) is 1.62. The second-order valence-corrected chi connectivity index (χ2v) is 8.03. The minimum absolute atomic E-state index is 0.157. The Hall–Kier alpha value is -1.08. The van der Waals surface area contributed by atoms with Gasteiger partial charge in [-0.2, -0.15) is 13.2 Å². The molecule has 0 bridgehead atoms. The van der Waals surface area contributed by atoms with Crippen LogP contribution in [0, 0.1) is 0 Å². The van der Waals surface area contributed by atoms with Crippen LogP contribution >= 0.6 is 34.8 Å². The lowest BCUT2D eigenvalue weighted by molar-refractivity contribution is -0.0850. The van der Waals surface area contributed by atoms with Gasteiger partial charge in [0.2, 0.25) is 0 Å². The molecule has 0 spiro atoms. The first-order valence-corrected chi connectivity index (χ1v) is 11.3. The van der Waals surface area contributed by atoms with Crippen molar-refractivity contribution in [3.8, 4) is 11.5 Å². The highest BCUT2D eigenvalue weighted by atomic mass is 35.5. The molecule has 0 unspecified atom stereocenters. The molecular weight excluding hydrogens is 476 g/mol. The Morgan fingerprint density at radius 2 is 1.48 bits per heavy atom. The third-order valence-electron chi connectivity index (χ3n) is 4.30. The van der Waals surface area contributed by atoms with Gasteiger partial charge in [0, 0.05) is 6.61 Å². The van der Waals surface area contributed by atoms with Crippen molar-refractivity contribution in [1.82, 2.24) is 0 Å². The average Bonchev–Trinajstić information content (AvgIpc) is 2.71. The van der Waals surface area contributed by atoms with Crippen molar-refractivity contribution >= 4 is 34.8 Å². The van der Waals surface area contributed by atoms with Gasteiger partial charge in [0.05, 0.1) is 13.2 Å². The van der Waals surface area contributed by atoms with Gasteiger partial charge in [-0.1, -0.05) is 48.7 Å². The van der Waals surface area contributed by atoms with Crippen LogP contribution in [0.2, 0.25) is 0 Å². The highest BCUT2D eigenvalue weighted by molar-refractivity contribution is 6.55. The summed E-state index contributed by atoms with van der Waals surface area (Å²) in [6.07, 6.45) is 1.87. The number of ether oxygens (including phenoxy) is 3. The van der Waals surface area contributed by atoms with Crippen LogP contribution in [0.25, 0.3) is 0 Å². The Balaban J connectivity index is 2.43. The minimum atomic E-state index is -4.52. The lowest BCUT2D eigenvalue weighted by atomic mass is 10.0. The first-order chi connectivity index (χ1) is 14.7. The van der Waals surface area contributed by atoms with Crippen molar-refractivity contribution in [3.63, 3.8) is 0 Å². The second-order valence-electron chi connectivity index (χ2n) is 6.62. The summed E-state index contributed by atoms with van der Waals surface area (Å²) in [5, 5.41) is -1.16. The van der Waals surface area contributed by atoms with Crippen LogP contribution < -0.4 is 9.47 Å². The number of halogens is 6. The lowest BCUT2D eigenvalue weighted by Gasteiger charge is -2.17. The van der Waals surface area contributed by atoms with Crippen molar-refractivity contribution in [1.29, 1.82) is 0 Å². The van der Waals surface area contributed by atoms with Gasteiger partial charge in [-0.05, 0) is 67.5 Å². The van der Waals surface area contributed by atoms with Gasteiger partial charge in [-0.3, -0.25) is 0 Å². The van der Waals surface area contributed by atoms with Crippen molar-refractivity contribution in [3.05, 3.63) is 44.9 Å². The second kappa shape index (κ2) is 14.9. The van der Waals surface area contributed by atoms with E-state index in [1.807, 2.05) is 12.1 Å². The number of allylic oxidation sites excluding steroid dienone is 1. The van der Waals surface area contributed by atoms with Crippen LogP contribution in [0.1, 0.15) is 44.2 Å². The van der Waals surface area contributed by atoms with Gasteiger partial charge in [-0.25, -0.2) is 0 Å². The maximum absolute atomic E-state index is 12.2. The fourth-order valence-electron chi connectivity index (χ4n) is 2.71. The number of alkyl halides is 3. The monoisotopic (exact) mass is 502 g/mol. The van der Waals surface area contributed by atoms with Crippen LogP contribution in [0.3, 0.4) is 0 Å². The predicted molar refractivity (Wildman–Crippen MR) is 121 cm³/mol. The van der Waals surface area contributed by atoms with E-state index in [0.717, 1.165) is 60.8 Å². The van der Waals surface area contributed by atoms with Crippen LogP contribution in [0.4, 0.5) is 13.2 Å². The molecule has 31 heavy (non-hydrogen) atoms. The third kappa shape index (κ3) is 11.4. The first kappa shape index (κ1) is 28.0. The molecule has 0 fully saturated rings. The van der Waals surface area contributed by atoms with Crippen molar-refractivity contribution in [2.45, 2.75) is 52.1 Å². The fraction of sp³-hybridized carbons (Fsp3) is 0.545. The van der Waals surface area contributed by atoms with Gasteiger partial charge < -0.3 is 14.2 Å². The van der Waals surface area contributed by atoms with Gasteiger partial charge in [0.25, 0.3) is 0 Å². The van der Waals surface area contributed by atoms with E-state index < -0.39 is 11.2 Å². The molecule has 0 aliphatic carbocycles. The average molecular weight is 504 g/mol. The molecule has 0 radical (unpaired) electrons. The lowest BCUT2D eigenvalue weighted by Crippen LogP contribution is -2.08. The fourth-order valence-corrected chi connectivity index (χ4v) is 2.89. The zero-order valence-corrected chi connectivity index (χ0v) is 19.9. The standard InChI is InChI=1S/C22H28Cl3F3O3/c1-3-16-14-18(30-13-9-20(24)25)15-17(4-2)21(16)31-11-7-5-6-10-29-12-8-19(23)22(26,27)28/h8-9,14-15H,3-7,10-13H2,1-2H3/b19-8-. The molecule has 0 aliphatic heterocycles. The van der Waals surface area contributed by atoms with Gasteiger partial charge in [0.15, 0.2) is 0 Å². The van der Waals surface area contributed by atoms with Gasteiger partial charge >= 0.3 is 6.18 Å². The van der Waals surface area contributed by atoms with Crippen molar-refractivity contribution in [2.75, 3.05) is 26.4 Å². The number of hydrogen-bond donors (Lipinski definition) is 0. The van der Waals surface area contributed by atoms with Gasteiger partial charge in [0.1, 0.15) is 27.6 Å². The van der Waals surface area contributed by atoms with E-state index >= 15 is 0 Å². The molecule has 1 aromatic rings. The highest BCUT2D eigenvalue weighted by Gasteiger charge is 2.31. The smallest absolute Gasteiger partial charge is 0.426 e. The summed E-state index contributed by atoms with van der Waals surface area (Å²) in [6.45, 7) is 5.15. The number of aryl methyl sites for hydroxylation is 2. The van der Waals surface area contributed by atoms with E-state index in [2.05, 4.69) is 13.8 Å². The topological polar surface area (TPSA) is 27.7 Å². The molecule has 0 atom stereocenters. The number of rotatable bonds is 14. The maximum Gasteiger partial charge on any atom is 0.426 e. The minimum Gasteiger partial charge on any atom is -0.493 e. The third-order valence-corrected chi connectivity index (χ3v) is 4.97. The SMILES string of the molecule is CCc1cc(OCC=C(Cl)Cl)cc(CC)c1OCCCCCOC/C=C(\Cl)C(F)(F)F. The number of hydrogen-bond acceptors (Lipinski definition) is 3. The van der Waals surface area contributed by atoms with E-state index in [4.69, 9.17) is 49.0 Å². The zero-order valence-electron chi connectivity index (χ0n) is 17.7. The predicted octanol–water partition coefficient (Wildman–Crippen LogP) is 7.76. The van der Waals surface area contributed by atoms with Crippen molar-refractivity contribution in [2.24, 2.45) is 0 Å². The molecular formula is C22H28Cl3F3O3. The Labute approximate surface area is 197 Å². The normalized spacial score (nSPS) is 12.1. The van der Waals surface area contributed by atoms with E-state index in [1.165, 1.54) is 0 Å². The molecule has 0 aliphatic rings. The number of unbranched alkanes of at least 4 members (excludes halogenated alkanes) is 2. The molecule has 1 rings (SSSR count). The van der Waals surface area contributed by atoms with Gasteiger partial charge in [-0.15, -0.1) is 0 Å². The van der Waals surface area contributed by atoms with E-state index in [-0.39, 0.29) is 17.7 Å². The number of benzene rings is 1. The Kier molecular flexibility index (Phi) is 13.4. The molecule has 0 N–H and O–H groups in total. The molecule has 0 saturated heterocycles. The summed E-state index contributed by atoms with van der Waals surface area (Å²) >= 11 is 16.3. The van der Waals surface area contributed by atoms with Crippen LogP contribution in [-0.4, -0.2) is 32.6 Å². The molecule has 0 aromatic heterocycles. The molecule has 176 valence electrons. The summed E-state index contributed by atoms with van der Waals surface area (Å²) in [5.41, 5.74) is 2.12. The highest BCUT2D eigenvalue weighted by Crippen LogP contribution is 2.31. The maximum atomic E-state index is 12.2. The van der Waals surface area contributed by atoms with Crippen molar-refractivity contribution < 1.29 is 27.4 Å². The Morgan fingerprint density at radius 3 is 2.03 bits per heavy atom. The quantitative estimate of drug-likeness (QED) is 0.243. The molecule has 9 heteroatoms. The Bertz CT molecular complexity index is 705. The summed E-state index contributed by atoms with van der Waals surface area (Å²) in [4.78, 5) is 0. The molecule has 1 aromatic carbocycles. The molecule has 0 heterocycles. The largest absolute Gasteiger partial charge is 0.493 e. The first-order valence-electron chi connectivity index (χ1n) is 10.1.